The largest absolute Gasteiger partial charge is 0.356 e. The quantitative estimate of drug-likeness (QED) is 0.805. The summed E-state index contributed by atoms with van der Waals surface area (Å²) < 4.78 is 0. The third-order valence-corrected chi connectivity index (χ3v) is 4.74. The van der Waals surface area contributed by atoms with E-state index in [2.05, 4.69) is 5.32 Å². The summed E-state index contributed by atoms with van der Waals surface area (Å²) in [5.74, 6) is 0.739. The molecule has 1 saturated heterocycles. The molecule has 0 aromatic heterocycles. The molecule has 0 spiro atoms. The predicted octanol–water partition coefficient (Wildman–Crippen LogP) is 1.41. The van der Waals surface area contributed by atoms with E-state index in [0.29, 0.717) is 31.3 Å². The van der Waals surface area contributed by atoms with Gasteiger partial charge in [-0.3, -0.25) is 9.59 Å². The van der Waals surface area contributed by atoms with Crippen LogP contribution < -0.4 is 11.1 Å². The summed E-state index contributed by atoms with van der Waals surface area (Å²) in [5, 5.41) is 2.89. The first-order valence-corrected chi connectivity index (χ1v) is 8.45. The molecule has 2 amide bonds. The second-order valence-corrected chi connectivity index (χ2v) is 6.53. The smallest absolute Gasteiger partial charge is 0.224 e. The fourth-order valence-electron chi connectivity index (χ4n) is 3.34. The molecule has 0 atom stereocenters. The van der Waals surface area contributed by atoms with Crippen molar-refractivity contribution in [3.63, 3.8) is 0 Å². The van der Waals surface area contributed by atoms with E-state index in [-0.39, 0.29) is 11.8 Å². The minimum absolute atomic E-state index is 0.0851. The van der Waals surface area contributed by atoms with E-state index >= 15 is 0 Å². The maximum Gasteiger partial charge on any atom is 0.224 e. The molecule has 1 saturated carbocycles. The third-order valence-electron chi connectivity index (χ3n) is 4.74. The Kier molecular flexibility index (Phi) is 6.49. The molecule has 21 heavy (non-hydrogen) atoms. The van der Waals surface area contributed by atoms with Crippen LogP contribution in [0.1, 0.15) is 57.8 Å². The second-order valence-electron chi connectivity index (χ2n) is 6.53. The molecule has 120 valence electrons. The van der Waals surface area contributed by atoms with Crippen LogP contribution in [0.2, 0.25) is 0 Å². The highest BCUT2D eigenvalue weighted by Gasteiger charge is 2.21. The summed E-state index contributed by atoms with van der Waals surface area (Å²) in [6, 6.07) is 0.325. The number of hydrogen-bond acceptors (Lipinski definition) is 3. The fraction of sp³-hybridized carbons (Fsp3) is 0.875. The molecular weight excluding hydrogens is 266 g/mol. The number of nitrogens with two attached hydrogens (primary N) is 1. The number of piperidine rings is 1. The number of likely N-dealkylation sites (tertiary alicyclic amines) is 1. The van der Waals surface area contributed by atoms with Crippen LogP contribution in [-0.4, -0.2) is 42.4 Å². The molecule has 1 heterocycles. The highest BCUT2D eigenvalue weighted by Crippen LogP contribution is 2.25. The van der Waals surface area contributed by atoms with Gasteiger partial charge in [0, 0.05) is 38.5 Å². The number of nitrogens with zero attached hydrogens (tertiary/aromatic N) is 1. The molecule has 3 N–H and O–H groups in total. The van der Waals surface area contributed by atoms with Crippen LogP contribution in [0.5, 0.6) is 0 Å². The van der Waals surface area contributed by atoms with Crippen molar-refractivity contribution in [1.29, 1.82) is 0 Å². The summed E-state index contributed by atoms with van der Waals surface area (Å²) in [4.78, 5) is 25.8. The van der Waals surface area contributed by atoms with Crippen molar-refractivity contribution < 1.29 is 9.59 Å². The average Bonchev–Trinajstić information content (AvgIpc) is 2.50. The summed E-state index contributed by atoms with van der Waals surface area (Å²) >= 11 is 0. The highest BCUT2D eigenvalue weighted by molar-refractivity contribution is 5.79. The SMILES string of the molecule is NC1CCC(CC(=O)NCCC(=O)N2CCCCC2)CC1. The Hall–Kier alpha value is -1.10. The fourth-order valence-corrected chi connectivity index (χ4v) is 3.34. The Labute approximate surface area is 127 Å². The number of nitrogens with one attached hydrogen (secondary N) is 1. The summed E-state index contributed by atoms with van der Waals surface area (Å²) in [6.07, 6.45) is 8.65. The molecule has 0 radical (unpaired) electrons. The predicted molar refractivity (Wildman–Crippen MR) is 82.6 cm³/mol. The van der Waals surface area contributed by atoms with E-state index in [4.69, 9.17) is 5.73 Å². The number of carbonyl (C=O) groups is 2. The first-order valence-electron chi connectivity index (χ1n) is 8.45. The maximum atomic E-state index is 12.0. The molecule has 2 fully saturated rings. The normalized spacial score (nSPS) is 26.4. The molecule has 0 bridgehead atoms. The van der Waals surface area contributed by atoms with Crippen LogP contribution in [0, 0.1) is 5.92 Å². The van der Waals surface area contributed by atoms with Crippen LogP contribution in [0.4, 0.5) is 0 Å². The number of hydrogen-bond donors (Lipinski definition) is 2. The van der Waals surface area contributed by atoms with Crippen LogP contribution in [0.15, 0.2) is 0 Å². The van der Waals surface area contributed by atoms with Crippen molar-refractivity contribution in [2.75, 3.05) is 19.6 Å². The lowest BCUT2D eigenvalue weighted by Gasteiger charge is -2.27. The minimum Gasteiger partial charge on any atom is -0.356 e. The highest BCUT2D eigenvalue weighted by atomic mass is 16.2. The maximum absolute atomic E-state index is 12.0. The van der Waals surface area contributed by atoms with Crippen molar-refractivity contribution in [3.8, 4) is 0 Å². The number of amides is 2. The van der Waals surface area contributed by atoms with Gasteiger partial charge in [0.1, 0.15) is 0 Å². The lowest BCUT2D eigenvalue weighted by Crippen LogP contribution is -2.38. The first-order chi connectivity index (χ1) is 10.1. The second kappa shape index (κ2) is 8.37. The monoisotopic (exact) mass is 295 g/mol. The Morgan fingerprint density at radius 1 is 1.05 bits per heavy atom. The molecule has 0 unspecified atom stereocenters. The van der Waals surface area contributed by atoms with Crippen LogP contribution in [0.3, 0.4) is 0 Å². The van der Waals surface area contributed by atoms with Crippen molar-refractivity contribution in [1.82, 2.24) is 10.2 Å². The Morgan fingerprint density at radius 2 is 1.71 bits per heavy atom. The van der Waals surface area contributed by atoms with Gasteiger partial charge in [-0.2, -0.15) is 0 Å². The van der Waals surface area contributed by atoms with Crippen molar-refractivity contribution in [2.24, 2.45) is 11.7 Å². The van der Waals surface area contributed by atoms with Crippen molar-refractivity contribution >= 4 is 11.8 Å². The van der Waals surface area contributed by atoms with E-state index in [1.807, 2.05) is 4.90 Å². The molecule has 1 aliphatic heterocycles. The minimum atomic E-state index is 0.0851. The van der Waals surface area contributed by atoms with Gasteiger partial charge in [0.25, 0.3) is 0 Å². The van der Waals surface area contributed by atoms with Gasteiger partial charge in [-0.15, -0.1) is 0 Å². The van der Waals surface area contributed by atoms with Gasteiger partial charge in [-0.25, -0.2) is 0 Å². The average molecular weight is 295 g/mol. The summed E-state index contributed by atoms with van der Waals surface area (Å²) in [5.41, 5.74) is 5.87. The van der Waals surface area contributed by atoms with Crippen molar-refractivity contribution in [3.05, 3.63) is 0 Å². The number of carbonyl (C=O) groups excluding carboxylic acids is 2. The summed E-state index contributed by atoms with van der Waals surface area (Å²) in [7, 11) is 0. The van der Waals surface area contributed by atoms with Gasteiger partial charge in [0.05, 0.1) is 0 Å². The van der Waals surface area contributed by atoms with Crippen LogP contribution in [-0.2, 0) is 9.59 Å². The van der Waals surface area contributed by atoms with Gasteiger partial charge in [-0.05, 0) is 50.9 Å². The molecule has 0 aromatic rings. The molecular formula is C16H29N3O2. The van der Waals surface area contributed by atoms with Crippen LogP contribution in [0.25, 0.3) is 0 Å². The lowest BCUT2D eigenvalue weighted by atomic mass is 9.84. The molecule has 2 aliphatic rings. The topological polar surface area (TPSA) is 75.4 Å². The van der Waals surface area contributed by atoms with Crippen LogP contribution >= 0.6 is 0 Å². The van der Waals surface area contributed by atoms with E-state index < -0.39 is 0 Å². The molecule has 2 rings (SSSR count). The van der Waals surface area contributed by atoms with Gasteiger partial charge < -0.3 is 16.0 Å². The van der Waals surface area contributed by atoms with Gasteiger partial charge in [0.15, 0.2) is 0 Å². The van der Waals surface area contributed by atoms with Crippen molar-refractivity contribution in [2.45, 2.75) is 63.8 Å². The lowest BCUT2D eigenvalue weighted by molar-refractivity contribution is -0.132. The van der Waals surface area contributed by atoms with E-state index in [1.54, 1.807) is 0 Å². The summed E-state index contributed by atoms with van der Waals surface area (Å²) in [6.45, 7) is 2.24. The molecule has 0 aromatic carbocycles. The van der Waals surface area contributed by atoms with Gasteiger partial charge in [0.2, 0.25) is 11.8 Å². The standard InChI is InChI=1S/C16H29N3O2/c17-14-6-4-13(5-7-14)12-15(20)18-9-8-16(21)19-10-2-1-3-11-19/h13-14H,1-12,17H2,(H,18,20). The molecule has 5 heteroatoms. The Morgan fingerprint density at radius 3 is 2.38 bits per heavy atom. The van der Waals surface area contributed by atoms with E-state index in [1.165, 1.54) is 6.42 Å². The first kappa shape index (κ1) is 16.3. The zero-order valence-electron chi connectivity index (χ0n) is 13.0. The third kappa shape index (κ3) is 5.65. The van der Waals surface area contributed by atoms with Gasteiger partial charge >= 0.3 is 0 Å². The van der Waals surface area contributed by atoms with Gasteiger partial charge in [-0.1, -0.05) is 0 Å². The Bertz CT molecular complexity index is 345. The number of rotatable bonds is 5. The van der Waals surface area contributed by atoms with E-state index in [0.717, 1.165) is 51.6 Å². The molecule has 5 nitrogen and oxygen atoms in total. The zero-order valence-corrected chi connectivity index (χ0v) is 13.0. The zero-order chi connectivity index (χ0) is 15.1. The Balaban J connectivity index is 1.57. The van der Waals surface area contributed by atoms with E-state index in [9.17, 15) is 9.59 Å². The molecule has 1 aliphatic carbocycles.